The Hall–Kier alpha value is -2.08. The number of nitrogens with zero attached hydrogens (tertiary/aromatic N) is 1. The largest absolute Gasteiger partial charge is 0.497 e. The van der Waals surface area contributed by atoms with E-state index in [0.717, 1.165) is 48.4 Å². The summed E-state index contributed by atoms with van der Waals surface area (Å²) >= 11 is 0. The van der Waals surface area contributed by atoms with Gasteiger partial charge in [-0.1, -0.05) is 36.4 Å². The molecular formula is C22H28ClNO4. The van der Waals surface area contributed by atoms with Gasteiger partial charge in [-0.2, -0.15) is 0 Å². The molecule has 0 bridgehead atoms. The number of benzene rings is 2. The van der Waals surface area contributed by atoms with E-state index in [2.05, 4.69) is 24.3 Å². The van der Waals surface area contributed by atoms with Crippen LogP contribution < -0.4 is 4.74 Å². The van der Waals surface area contributed by atoms with Gasteiger partial charge in [-0.3, -0.25) is 9.69 Å². The highest BCUT2D eigenvalue weighted by Gasteiger charge is 2.26. The molecule has 0 aromatic heterocycles. The van der Waals surface area contributed by atoms with Crippen LogP contribution >= 0.6 is 12.4 Å². The van der Waals surface area contributed by atoms with E-state index in [0.29, 0.717) is 6.61 Å². The highest BCUT2D eigenvalue weighted by molar-refractivity contribution is 5.85. The first-order chi connectivity index (χ1) is 13.1. The molecule has 0 radical (unpaired) electrons. The molecule has 2 aromatic rings. The number of aliphatic carboxylic acids is 1. The third-order valence-electron chi connectivity index (χ3n) is 5.27. The summed E-state index contributed by atoms with van der Waals surface area (Å²) < 4.78 is 11.4. The maximum atomic E-state index is 11.1. The number of hydrogen-bond donors (Lipinski definition) is 1. The van der Waals surface area contributed by atoms with Crippen molar-refractivity contribution in [2.45, 2.75) is 38.5 Å². The third-order valence-corrected chi connectivity index (χ3v) is 5.27. The van der Waals surface area contributed by atoms with Gasteiger partial charge in [0.15, 0.2) is 0 Å². The van der Waals surface area contributed by atoms with E-state index < -0.39 is 12.0 Å². The van der Waals surface area contributed by atoms with Crippen LogP contribution in [0.5, 0.6) is 5.75 Å². The standard InChI is InChI=1S/C22H27NO4.ClH/c1-16(22(24)25)23-13-11-20(12-14-23)27-15-18-5-3-4-6-21(18)17-7-9-19(26-2)10-8-17;/h3-10,16,20H,11-15H2,1-2H3,(H,24,25);1H. The molecular weight excluding hydrogens is 378 g/mol. The zero-order chi connectivity index (χ0) is 19.2. The number of carbonyl (C=O) groups is 1. The molecule has 1 aliphatic rings. The minimum absolute atomic E-state index is 0. The molecule has 3 rings (SSSR count). The lowest BCUT2D eigenvalue weighted by Gasteiger charge is -2.34. The van der Waals surface area contributed by atoms with Gasteiger partial charge in [-0.15, -0.1) is 12.4 Å². The van der Waals surface area contributed by atoms with Crippen molar-refractivity contribution in [2.24, 2.45) is 0 Å². The Morgan fingerprint density at radius 3 is 2.39 bits per heavy atom. The Kier molecular flexibility index (Phi) is 8.30. The fraction of sp³-hybridized carbons (Fsp3) is 0.409. The minimum atomic E-state index is -0.761. The van der Waals surface area contributed by atoms with Gasteiger partial charge in [0.25, 0.3) is 0 Å². The predicted octanol–water partition coefficient (Wildman–Crippen LogP) is 4.24. The molecule has 1 fully saturated rings. The van der Waals surface area contributed by atoms with Gasteiger partial charge in [-0.05, 0) is 48.6 Å². The van der Waals surface area contributed by atoms with Crippen LogP contribution in [0.3, 0.4) is 0 Å². The second-order valence-electron chi connectivity index (χ2n) is 6.95. The number of carboxylic acids is 1. The van der Waals surface area contributed by atoms with Crippen LogP contribution in [0.4, 0.5) is 0 Å². The molecule has 1 atom stereocenters. The number of halogens is 1. The summed E-state index contributed by atoms with van der Waals surface area (Å²) in [6.45, 7) is 3.83. The summed E-state index contributed by atoms with van der Waals surface area (Å²) in [5.74, 6) is 0.0811. The zero-order valence-corrected chi connectivity index (χ0v) is 17.2. The molecule has 0 spiro atoms. The number of piperidine rings is 1. The van der Waals surface area contributed by atoms with E-state index in [4.69, 9.17) is 14.6 Å². The first kappa shape index (κ1) is 22.2. The average Bonchev–Trinajstić information content (AvgIpc) is 2.72. The molecule has 28 heavy (non-hydrogen) atoms. The molecule has 0 amide bonds. The van der Waals surface area contributed by atoms with Crippen molar-refractivity contribution in [2.75, 3.05) is 20.2 Å². The Morgan fingerprint density at radius 2 is 1.79 bits per heavy atom. The fourth-order valence-electron chi connectivity index (χ4n) is 3.49. The first-order valence-corrected chi connectivity index (χ1v) is 9.39. The maximum Gasteiger partial charge on any atom is 0.320 e. The molecule has 5 nitrogen and oxygen atoms in total. The van der Waals surface area contributed by atoms with Gasteiger partial charge in [0.1, 0.15) is 11.8 Å². The topological polar surface area (TPSA) is 59.0 Å². The summed E-state index contributed by atoms with van der Waals surface area (Å²) in [6, 6.07) is 15.9. The predicted molar refractivity (Wildman–Crippen MR) is 112 cm³/mol. The lowest BCUT2D eigenvalue weighted by Crippen LogP contribution is -2.45. The van der Waals surface area contributed by atoms with Crippen molar-refractivity contribution in [3.63, 3.8) is 0 Å². The van der Waals surface area contributed by atoms with E-state index in [-0.39, 0.29) is 18.5 Å². The molecule has 1 unspecified atom stereocenters. The van der Waals surface area contributed by atoms with Gasteiger partial charge < -0.3 is 14.6 Å². The van der Waals surface area contributed by atoms with Crippen LogP contribution in [0.2, 0.25) is 0 Å². The van der Waals surface area contributed by atoms with Gasteiger partial charge in [0, 0.05) is 13.1 Å². The van der Waals surface area contributed by atoms with Crippen molar-refractivity contribution in [3.8, 4) is 16.9 Å². The molecule has 1 saturated heterocycles. The number of carboxylic acid groups (broad SMARTS) is 1. The summed E-state index contributed by atoms with van der Waals surface area (Å²) in [6.07, 6.45) is 1.90. The smallest absolute Gasteiger partial charge is 0.320 e. The molecule has 1 aliphatic heterocycles. The molecule has 152 valence electrons. The summed E-state index contributed by atoms with van der Waals surface area (Å²) in [4.78, 5) is 13.1. The Bertz CT molecular complexity index is 757. The van der Waals surface area contributed by atoms with Crippen LogP contribution in [-0.4, -0.2) is 48.3 Å². The number of likely N-dealkylation sites (tertiary alicyclic amines) is 1. The van der Waals surface area contributed by atoms with Crippen molar-refractivity contribution in [1.82, 2.24) is 4.90 Å². The van der Waals surface area contributed by atoms with E-state index >= 15 is 0 Å². The number of ether oxygens (including phenoxy) is 2. The Morgan fingerprint density at radius 1 is 1.14 bits per heavy atom. The van der Waals surface area contributed by atoms with Crippen molar-refractivity contribution < 1.29 is 19.4 Å². The van der Waals surface area contributed by atoms with Gasteiger partial charge in [0.2, 0.25) is 0 Å². The lowest BCUT2D eigenvalue weighted by molar-refractivity contribution is -0.143. The Labute approximate surface area is 172 Å². The normalized spacial score (nSPS) is 16.2. The monoisotopic (exact) mass is 405 g/mol. The van der Waals surface area contributed by atoms with Gasteiger partial charge in [0.05, 0.1) is 19.8 Å². The first-order valence-electron chi connectivity index (χ1n) is 9.39. The zero-order valence-electron chi connectivity index (χ0n) is 16.3. The molecule has 1 N–H and O–H groups in total. The SMILES string of the molecule is COc1ccc(-c2ccccc2COC2CCN(C(C)C(=O)O)CC2)cc1.Cl. The average molecular weight is 406 g/mol. The Balaban J connectivity index is 0.00000280. The number of methoxy groups -OCH3 is 1. The lowest BCUT2D eigenvalue weighted by atomic mass is 10.00. The molecule has 1 heterocycles. The molecule has 2 aromatic carbocycles. The van der Waals surface area contributed by atoms with Crippen molar-refractivity contribution >= 4 is 18.4 Å². The van der Waals surface area contributed by atoms with Crippen LogP contribution in [0, 0.1) is 0 Å². The van der Waals surface area contributed by atoms with Crippen LogP contribution in [0.15, 0.2) is 48.5 Å². The van der Waals surface area contributed by atoms with Crippen molar-refractivity contribution in [3.05, 3.63) is 54.1 Å². The molecule has 0 saturated carbocycles. The number of hydrogen-bond acceptors (Lipinski definition) is 4. The third kappa shape index (κ3) is 5.47. The minimum Gasteiger partial charge on any atom is -0.497 e. The van der Waals surface area contributed by atoms with Crippen LogP contribution in [0.25, 0.3) is 11.1 Å². The number of rotatable bonds is 7. The van der Waals surface area contributed by atoms with Gasteiger partial charge >= 0.3 is 5.97 Å². The quantitative estimate of drug-likeness (QED) is 0.746. The second kappa shape index (κ2) is 10.5. The highest BCUT2D eigenvalue weighted by Crippen LogP contribution is 2.27. The summed E-state index contributed by atoms with van der Waals surface area (Å²) in [5.41, 5.74) is 3.46. The van der Waals surface area contributed by atoms with Crippen molar-refractivity contribution in [1.29, 1.82) is 0 Å². The maximum absolute atomic E-state index is 11.1. The van der Waals surface area contributed by atoms with E-state index in [9.17, 15) is 4.79 Å². The summed E-state index contributed by atoms with van der Waals surface area (Å²) in [5, 5.41) is 9.14. The van der Waals surface area contributed by atoms with E-state index in [1.54, 1.807) is 14.0 Å². The fourth-order valence-corrected chi connectivity index (χ4v) is 3.49. The van der Waals surface area contributed by atoms with Crippen LogP contribution in [-0.2, 0) is 16.1 Å². The van der Waals surface area contributed by atoms with Gasteiger partial charge in [-0.25, -0.2) is 0 Å². The highest BCUT2D eigenvalue weighted by atomic mass is 35.5. The molecule has 6 heteroatoms. The molecule has 0 aliphatic carbocycles. The van der Waals surface area contributed by atoms with E-state index in [1.165, 1.54) is 0 Å². The summed E-state index contributed by atoms with van der Waals surface area (Å²) in [7, 11) is 1.67. The van der Waals surface area contributed by atoms with Crippen LogP contribution in [0.1, 0.15) is 25.3 Å². The second-order valence-corrected chi connectivity index (χ2v) is 6.95. The van der Waals surface area contributed by atoms with E-state index in [1.807, 2.05) is 29.2 Å².